The number of rotatable bonds is 12. The number of unbranched alkanes of at least 4 members (excludes halogenated alkanes) is 1. The third kappa shape index (κ3) is 6.71. The maximum Gasteiger partial charge on any atom is 0.416 e. The van der Waals surface area contributed by atoms with Gasteiger partial charge in [0.15, 0.2) is 16.9 Å². The number of halogens is 3. The van der Waals surface area contributed by atoms with Crippen LogP contribution in [0.15, 0.2) is 72.8 Å². The molecule has 2 amide bonds. The summed E-state index contributed by atoms with van der Waals surface area (Å²) in [6.45, 7) is 2.49. The highest BCUT2D eigenvalue weighted by molar-refractivity contribution is 6.14. The van der Waals surface area contributed by atoms with Crippen molar-refractivity contribution in [3.63, 3.8) is 0 Å². The molecule has 0 aliphatic heterocycles. The summed E-state index contributed by atoms with van der Waals surface area (Å²) in [6, 6.07) is 18.4. The summed E-state index contributed by atoms with van der Waals surface area (Å²) in [5.74, 6) is -0.269. The highest BCUT2D eigenvalue weighted by Crippen LogP contribution is 2.38. The number of nitrogens with one attached hydrogen (secondary N) is 2. The lowest BCUT2D eigenvalue weighted by molar-refractivity contribution is -0.138. The Kier molecular flexibility index (Phi) is 9.98. The van der Waals surface area contributed by atoms with Crippen molar-refractivity contribution in [2.45, 2.75) is 37.8 Å². The number of ether oxygens (including phenoxy) is 2. The van der Waals surface area contributed by atoms with E-state index in [1.54, 1.807) is 48.5 Å². The summed E-state index contributed by atoms with van der Waals surface area (Å²) < 4.78 is 49.6. The summed E-state index contributed by atoms with van der Waals surface area (Å²) in [5, 5.41) is 5.78. The van der Waals surface area contributed by atoms with Gasteiger partial charge in [0, 0.05) is 13.1 Å². The molecule has 0 spiro atoms. The van der Waals surface area contributed by atoms with Gasteiger partial charge in [-0.2, -0.15) is 13.2 Å². The molecule has 2 N–H and O–H groups in total. The SMILES string of the molecule is CCCCNC(=O)C(C(=O)NCCc1ccc(C(F)(F)F)cc1)(c1ccccc1)c1ccc(OC)c(OC)c1. The Labute approximate surface area is 226 Å². The molecule has 1 unspecified atom stereocenters. The van der Waals surface area contributed by atoms with Gasteiger partial charge in [-0.25, -0.2) is 0 Å². The summed E-state index contributed by atoms with van der Waals surface area (Å²) in [4.78, 5) is 28.0. The van der Waals surface area contributed by atoms with Crippen molar-refractivity contribution >= 4 is 11.8 Å². The van der Waals surface area contributed by atoms with Crippen LogP contribution in [0.4, 0.5) is 13.2 Å². The van der Waals surface area contributed by atoms with E-state index in [4.69, 9.17) is 9.47 Å². The van der Waals surface area contributed by atoms with Crippen LogP contribution in [-0.2, 0) is 27.6 Å². The number of methoxy groups -OCH3 is 2. The second-order valence-corrected chi connectivity index (χ2v) is 9.00. The molecule has 3 rings (SSSR count). The Morgan fingerprint density at radius 1 is 0.744 bits per heavy atom. The fourth-order valence-corrected chi connectivity index (χ4v) is 4.38. The lowest BCUT2D eigenvalue weighted by Gasteiger charge is -2.33. The fraction of sp³-hybridized carbons (Fsp3) is 0.333. The van der Waals surface area contributed by atoms with Crippen LogP contribution in [0.1, 0.15) is 42.0 Å². The van der Waals surface area contributed by atoms with Crippen LogP contribution in [0.3, 0.4) is 0 Å². The third-order valence-electron chi connectivity index (χ3n) is 6.50. The molecule has 0 saturated carbocycles. The predicted molar refractivity (Wildman–Crippen MR) is 143 cm³/mol. The van der Waals surface area contributed by atoms with Crippen LogP contribution in [0.5, 0.6) is 11.5 Å². The van der Waals surface area contributed by atoms with E-state index in [-0.39, 0.29) is 13.0 Å². The van der Waals surface area contributed by atoms with Crippen molar-refractivity contribution in [3.05, 3.63) is 95.1 Å². The Balaban J connectivity index is 2.00. The van der Waals surface area contributed by atoms with Crippen molar-refractivity contribution < 1.29 is 32.2 Å². The van der Waals surface area contributed by atoms with Gasteiger partial charge in [0.05, 0.1) is 19.8 Å². The zero-order chi connectivity index (χ0) is 28.5. The van der Waals surface area contributed by atoms with Crippen molar-refractivity contribution in [2.24, 2.45) is 0 Å². The summed E-state index contributed by atoms with van der Waals surface area (Å²) in [7, 11) is 2.96. The minimum Gasteiger partial charge on any atom is -0.493 e. The van der Waals surface area contributed by atoms with Gasteiger partial charge in [-0.05, 0) is 53.8 Å². The number of benzene rings is 3. The van der Waals surface area contributed by atoms with E-state index in [1.165, 1.54) is 26.4 Å². The van der Waals surface area contributed by atoms with Crippen LogP contribution in [0, 0.1) is 0 Å². The number of amides is 2. The van der Waals surface area contributed by atoms with Crippen LogP contribution in [-0.4, -0.2) is 39.1 Å². The summed E-state index contributed by atoms with van der Waals surface area (Å²) in [6.07, 6.45) is -2.56. The van der Waals surface area contributed by atoms with Crippen LogP contribution in [0.25, 0.3) is 0 Å². The smallest absolute Gasteiger partial charge is 0.416 e. The van der Waals surface area contributed by atoms with E-state index in [0.717, 1.165) is 25.0 Å². The maximum atomic E-state index is 14.1. The molecule has 0 fully saturated rings. The molecule has 0 saturated heterocycles. The molecule has 0 aliphatic carbocycles. The predicted octanol–water partition coefficient (Wildman–Crippen LogP) is 5.28. The number of hydrogen-bond donors (Lipinski definition) is 2. The molecule has 3 aromatic rings. The van der Waals surface area contributed by atoms with Gasteiger partial charge in [0.1, 0.15) is 0 Å². The number of alkyl halides is 3. The minimum absolute atomic E-state index is 0.105. The Bertz CT molecular complexity index is 1250. The molecule has 39 heavy (non-hydrogen) atoms. The molecule has 1 atom stereocenters. The minimum atomic E-state index is -4.42. The number of carbonyl (C=O) groups is 2. The maximum absolute atomic E-state index is 14.1. The lowest BCUT2D eigenvalue weighted by Crippen LogP contribution is -2.56. The average molecular weight is 543 g/mol. The molecular formula is C30H33F3N2O4. The standard InChI is InChI=1S/C30H33F3N2O4/c1-4-5-18-34-27(36)29(22-9-7-6-8-10-22,24-15-16-25(38-2)26(20-24)39-3)28(37)35-19-17-21-11-13-23(14-12-21)30(31,32)33/h6-16,20H,4-5,17-19H2,1-3H3,(H,34,36)(H,35,37). The van der Waals surface area contributed by atoms with E-state index in [2.05, 4.69) is 10.6 Å². The molecule has 0 aliphatic rings. The van der Waals surface area contributed by atoms with E-state index in [0.29, 0.717) is 34.7 Å². The van der Waals surface area contributed by atoms with Gasteiger partial charge in [0.25, 0.3) is 0 Å². The molecule has 0 bridgehead atoms. The Hall–Kier alpha value is -4.01. The normalized spacial score (nSPS) is 12.8. The number of carbonyl (C=O) groups excluding carboxylic acids is 2. The second kappa shape index (κ2) is 13.2. The molecule has 0 radical (unpaired) electrons. The third-order valence-corrected chi connectivity index (χ3v) is 6.50. The zero-order valence-corrected chi connectivity index (χ0v) is 22.2. The van der Waals surface area contributed by atoms with Gasteiger partial charge in [-0.15, -0.1) is 0 Å². The van der Waals surface area contributed by atoms with Crippen LogP contribution < -0.4 is 20.1 Å². The van der Waals surface area contributed by atoms with Crippen LogP contribution in [0.2, 0.25) is 0 Å². The average Bonchev–Trinajstić information content (AvgIpc) is 2.94. The van der Waals surface area contributed by atoms with Gasteiger partial charge < -0.3 is 20.1 Å². The number of hydrogen-bond acceptors (Lipinski definition) is 4. The van der Waals surface area contributed by atoms with Crippen molar-refractivity contribution in [1.29, 1.82) is 0 Å². The summed E-state index contributed by atoms with van der Waals surface area (Å²) >= 11 is 0. The van der Waals surface area contributed by atoms with Gasteiger partial charge in [-0.1, -0.05) is 61.9 Å². The van der Waals surface area contributed by atoms with Crippen molar-refractivity contribution in [3.8, 4) is 11.5 Å². The topological polar surface area (TPSA) is 76.7 Å². The van der Waals surface area contributed by atoms with E-state index in [1.807, 2.05) is 6.92 Å². The molecule has 9 heteroatoms. The van der Waals surface area contributed by atoms with Gasteiger partial charge >= 0.3 is 6.18 Å². The molecule has 0 heterocycles. The highest BCUT2D eigenvalue weighted by Gasteiger charge is 2.49. The first-order chi connectivity index (χ1) is 18.7. The van der Waals surface area contributed by atoms with Gasteiger partial charge in [0.2, 0.25) is 11.8 Å². The van der Waals surface area contributed by atoms with Crippen molar-refractivity contribution in [2.75, 3.05) is 27.3 Å². The molecule has 3 aromatic carbocycles. The van der Waals surface area contributed by atoms with E-state index >= 15 is 0 Å². The highest BCUT2D eigenvalue weighted by atomic mass is 19.4. The fourth-order valence-electron chi connectivity index (χ4n) is 4.38. The Morgan fingerprint density at radius 3 is 1.90 bits per heavy atom. The molecular weight excluding hydrogens is 509 g/mol. The molecule has 208 valence electrons. The monoisotopic (exact) mass is 542 g/mol. The first-order valence-corrected chi connectivity index (χ1v) is 12.7. The Morgan fingerprint density at radius 2 is 1.33 bits per heavy atom. The van der Waals surface area contributed by atoms with Crippen LogP contribution >= 0.6 is 0 Å². The second-order valence-electron chi connectivity index (χ2n) is 9.00. The largest absolute Gasteiger partial charge is 0.493 e. The zero-order valence-electron chi connectivity index (χ0n) is 22.2. The summed E-state index contributed by atoms with van der Waals surface area (Å²) in [5.41, 5.74) is -1.05. The molecule has 6 nitrogen and oxygen atoms in total. The lowest BCUT2D eigenvalue weighted by atomic mass is 9.72. The van der Waals surface area contributed by atoms with E-state index < -0.39 is 29.0 Å². The first-order valence-electron chi connectivity index (χ1n) is 12.7. The quantitative estimate of drug-likeness (QED) is 0.241. The first kappa shape index (κ1) is 29.5. The van der Waals surface area contributed by atoms with Gasteiger partial charge in [-0.3, -0.25) is 9.59 Å². The van der Waals surface area contributed by atoms with E-state index in [9.17, 15) is 22.8 Å². The van der Waals surface area contributed by atoms with Crippen molar-refractivity contribution in [1.82, 2.24) is 10.6 Å². The molecule has 0 aromatic heterocycles.